The first-order chi connectivity index (χ1) is 10.7. The highest BCUT2D eigenvalue weighted by molar-refractivity contribution is 5.02. The quantitative estimate of drug-likeness (QED) is 0.557. The third-order valence-electron chi connectivity index (χ3n) is 6.55. The van der Waals surface area contributed by atoms with E-state index in [-0.39, 0.29) is 11.1 Å². The molecule has 2 nitrogen and oxygen atoms in total. The van der Waals surface area contributed by atoms with E-state index in [1.165, 1.54) is 38.5 Å². The lowest BCUT2D eigenvalue weighted by atomic mass is 9.73. The largest absolute Gasteiger partial charge is 0.234 e. The summed E-state index contributed by atoms with van der Waals surface area (Å²) in [5, 5.41) is 5.73. The molecule has 0 aliphatic carbocycles. The Morgan fingerprint density at radius 1 is 0.667 bits per heavy atom. The molecule has 142 valence electrons. The lowest BCUT2D eigenvalue weighted by molar-refractivity contribution is -0.257. The van der Waals surface area contributed by atoms with E-state index in [0.717, 1.165) is 0 Å². The van der Waals surface area contributed by atoms with Gasteiger partial charge in [-0.05, 0) is 70.6 Å². The minimum atomic E-state index is 0.242. The molecule has 2 aliphatic heterocycles. The molecule has 0 bridgehead atoms. The summed E-state index contributed by atoms with van der Waals surface area (Å²) in [6, 6.07) is 1.26. The SMILES string of the molecule is CC(C)(C)C1CCCC(C(C)(C)C)N1N1C(C)(C)CCCC1(C)C. The number of hydrazine groups is 1. The molecule has 2 rings (SSSR count). The number of nitrogens with zero attached hydrogens (tertiary/aromatic N) is 2. The summed E-state index contributed by atoms with van der Waals surface area (Å²) in [4.78, 5) is 0. The topological polar surface area (TPSA) is 6.48 Å². The van der Waals surface area contributed by atoms with Gasteiger partial charge in [-0.3, -0.25) is 0 Å². The van der Waals surface area contributed by atoms with E-state index in [9.17, 15) is 0 Å². The Balaban J connectivity index is 2.55. The molecule has 0 aromatic rings. The maximum Gasteiger partial charge on any atom is 0.0306 e. The van der Waals surface area contributed by atoms with Crippen LogP contribution in [0.1, 0.15) is 108 Å². The number of hydrogen-bond donors (Lipinski definition) is 0. The molecule has 0 radical (unpaired) electrons. The molecule has 0 amide bonds. The van der Waals surface area contributed by atoms with Crippen LogP contribution >= 0.6 is 0 Å². The van der Waals surface area contributed by atoms with Gasteiger partial charge in [-0.1, -0.05) is 48.0 Å². The zero-order valence-electron chi connectivity index (χ0n) is 18.3. The Kier molecular flexibility index (Phi) is 5.28. The molecular weight excluding hydrogens is 292 g/mol. The molecule has 2 aliphatic rings. The molecule has 0 aromatic heterocycles. The summed E-state index contributed by atoms with van der Waals surface area (Å²) in [7, 11) is 0. The Labute approximate surface area is 152 Å². The molecule has 2 unspecified atom stereocenters. The van der Waals surface area contributed by atoms with E-state index >= 15 is 0 Å². The zero-order chi connectivity index (χ0) is 18.6. The summed E-state index contributed by atoms with van der Waals surface area (Å²) >= 11 is 0. The van der Waals surface area contributed by atoms with Crippen LogP contribution in [0.3, 0.4) is 0 Å². The summed E-state index contributed by atoms with van der Waals surface area (Å²) in [5.41, 5.74) is 1.11. The summed E-state index contributed by atoms with van der Waals surface area (Å²) in [5.74, 6) is 0. The van der Waals surface area contributed by atoms with Gasteiger partial charge in [0.05, 0.1) is 0 Å². The van der Waals surface area contributed by atoms with Gasteiger partial charge in [0.2, 0.25) is 0 Å². The van der Waals surface area contributed by atoms with Crippen LogP contribution < -0.4 is 0 Å². The van der Waals surface area contributed by atoms with Gasteiger partial charge in [0.1, 0.15) is 0 Å². The Morgan fingerprint density at radius 2 is 1.04 bits per heavy atom. The maximum absolute atomic E-state index is 2.89. The first-order valence-electron chi connectivity index (χ1n) is 10.3. The van der Waals surface area contributed by atoms with Crippen LogP contribution in [-0.2, 0) is 0 Å². The highest BCUT2D eigenvalue weighted by atomic mass is 15.7. The van der Waals surface area contributed by atoms with Crippen molar-refractivity contribution in [2.75, 3.05) is 0 Å². The first kappa shape index (κ1) is 20.2. The fourth-order valence-electron chi connectivity index (χ4n) is 5.53. The molecule has 0 saturated carbocycles. The van der Waals surface area contributed by atoms with E-state index in [2.05, 4.69) is 79.3 Å². The van der Waals surface area contributed by atoms with Crippen LogP contribution in [-0.4, -0.2) is 33.2 Å². The smallest absolute Gasteiger partial charge is 0.0306 e. The number of piperidine rings is 2. The van der Waals surface area contributed by atoms with Crippen molar-refractivity contribution < 1.29 is 0 Å². The summed E-state index contributed by atoms with van der Waals surface area (Å²) in [6.45, 7) is 24.6. The molecule has 2 fully saturated rings. The van der Waals surface area contributed by atoms with Crippen LogP contribution in [0.25, 0.3) is 0 Å². The second-order valence-corrected chi connectivity index (χ2v) is 11.9. The highest BCUT2D eigenvalue weighted by Crippen LogP contribution is 2.48. The number of hydrogen-bond acceptors (Lipinski definition) is 2. The van der Waals surface area contributed by atoms with Gasteiger partial charge in [0, 0.05) is 23.2 Å². The molecule has 0 N–H and O–H groups in total. The van der Waals surface area contributed by atoms with Gasteiger partial charge in [-0.25, -0.2) is 10.0 Å². The molecule has 24 heavy (non-hydrogen) atoms. The normalized spacial score (nSPS) is 32.8. The van der Waals surface area contributed by atoms with Crippen molar-refractivity contribution >= 4 is 0 Å². The van der Waals surface area contributed by atoms with Crippen LogP contribution in [0.2, 0.25) is 0 Å². The van der Waals surface area contributed by atoms with E-state index in [1.54, 1.807) is 0 Å². The van der Waals surface area contributed by atoms with Gasteiger partial charge < -0.3 is 0 Å². The molecule has 0 spiro atoms. The minimum Gasteiger partial charge on any atom is -0.234 e. The zero-order valence-corrected chi connectivity index (χ0v) is 18.3. The van der Waals surface area contributed by atoms with Crippen molar-refractivity contribution in [3.8, 4) is 0 Å². The van der Waals surface area contributed by atoms with Crippen LogP contribution in [0, 0.1) is 10.8 Å². The van der Waals surface area contributed by atoms with Crippen molar-refractivity contribution in [1.82, 2.24) is 10.0 Å². The van der Waals surface area contributed by atoms with Crippen molar-refractivity contribution in [2.45, 2.75) is 131 Å². The molecular formula is C22H44N2. The highest BCUT2D eigenvalue weighted by Gasteiger charge is 2.52. The van der Waals surface area contributed by atoms with Crippen LogP contribution in [0.4, 0.5) is 0 Å². The molecule has 2 saturated heterocycles. The van der Waals surface area contributed by atoms with Crippen LogP contribution in [0.15, 0.2) is 0 Å². The number of rotatable bonds is 1. The maximum atomic E-state index is 2.89. The van der Waals surface area contributed by atoms with Gasteiger partial charge in [-0.2, -0.15) is 0 Å². The lowest BCUT2D eigenvalue weighted by Gasteiger charge is -2.65. The predicted octanol–water partition coefficient (Wildman–Crippen LogP) is 6.26. The standard InChI is InChI=1S/C22H44N2/c1-19(2,3)17-13-11-14-18(20(4,5)6)23(17)24-21(7,8)15-12-16-22(24,9)10/h17-18H,11-16H2,1-10H3. The molecule has 2 heteroatoms. The fourth-order valence-corrected chi connectivity index (χ4v) is 5.53. The second kappa shape index (κ2) is 6.27. The summed E-state index contributed by atoms with van der Waals surface area (Å²) in [6.07, 6.45) is 8.00. The fraction of sp³-hybridized carbons (Fsp3) is 1.00. The average molecular weight is 337 g/mol. The predicted molar refractivity (Wildman–Crippen MR) is 106 cm³/mol. The van der Waals surface area contributed by atoms with Gasteiger partial charge >= 0.3 is 0 Å². The molecule has 0 aromatic carbocycles. The van der Waals surface area contributed by atoms with Gasteiger partial charge in [0.15, 0.2) is 0 Å². The Morgan fingerprint density at radius 3 is 1.38 bits per heavy atom. The Hall–Kier alpha value is -0.0800. The minimum absolute atomic E-state index is 0.242. The lowest BCUT2D eigenvalue weighted by Crippen LogP contribution is -2.73. The van der Waals surface area contributed by atoms with E-state index < -0.39 is 0 Å². The molecule has 2 atom stereocenters. The van der Waals surface area contributed by atoms with Crippen molar-refractivity contribution in [3.05, 3.63) is 0 Å². The van der Waals surface area contributed by atoms with Crippen molar-refractivity contribution in [2.24, 2.45) is 10.8 Å². The third-order valence-corrected chi connectivity index (χ3v) is 6.55. The monoisotopic (exact) mass is 336 g/mol. The average Bonchev–Trinajstić information content (AvgIpc) is 2.33. The van der Waals surface area contributed by atoms with Gasteiger partial charge in [0.25, 0.3) is 0 Å². The molecule has 2 heterocycles. The Bertz CT molecular complexity index is 398. The third kappa shape index (κ3) is 3.85. The van der Waals surface area contributed by atoms with E-state index in [0.29, 0.717) is 22.9 Å². The van der Waals surface area contributed by atoms with Crippen molar-refractivity contribution in [1.29, 1.82) is 0 Å². The first-order valence-corrected chi connectivity index (χ1v) is 10.3. The van der Waals surface area contributed by atoms with Gasteiger partial charge in [-0.15, -0.1) is 0 Å². The van der Waals surface area contributed by atoms with Crippen LogP contribution in [0.5, 0.6) is 0 Å². The van der Waals surface area contributed by atoms with E-state index in [4.69, 9.17) is 0 Å². The summed E-state index contributed by atoms with van der Waals surface area (Å²) < 4.78 is 0. The second-order valence-electron chi connectivity index (χ2n) is 11.9. The van der Waals surface area contributed by atoms with Crippen molar-refractivity contribution in [3.63, 3.8) is 0 Å². The van der Waals surface area contributed by atoms with E-state index in [1.807, 2.05) is 0 Å².